The monoisotopic (exact) mass is 328 g/mol. The van der Waals surface area contributed by atoms with Gasteiger partial charge in [-0.15, -0.1) is 0 Å². The lowest BCUT2D eigenvalue weighted by molar-refractivity contribution is -0.127. The van der Waals surface area contributed by atoms with E-state index in [9.17, 15) is 4.79 Å². The number of benzene rings is 1. The number of rotatable bonds is 4. The van der Waals surface area contributed by atoms with Crippen LogP contribution in [0.3, 0.4) is 0 Å². The second-order valence-electron chi connectivity index (χ2n) is 6.55. The van der Waals surface area contributed by atoms with Gasteiger partial charge in [-0.1, -0.05) is 43.8 Å². The number of hydrogen-bond donors (Lipinski definition) is 0. The Morgan fingerprint density at radius 1 is 1.30 bits per heavy atom. The van der Waals surface area contributed by atoms with Crippen molar-refractivity contribution in [2.24, 2.45) is 0 Å². The predicted molar refractivity (Wildman–Crippen MR) is 97.1 cm³/mol. The molecule has 1 aromatic heterocycles. The third-order valence-electron chi connectivity index (χ3n) is 4.48. The minimum atomic E-state index is 0.240. The van der Waals surface area contributed by atoms with Crippen LogP contribution in [0.4, 0.5) is 0 Å². The number of nitrogens with zero attached hydrogens (tertiary/aromatic N) is 2. The third kappa shape index (κ3) is 3.52. The molecule has 4 heteroatoms. The van der Waals surface area contributed by atoms with Gasteiger partial charge in [0.25, 0.3) is 0 Å². The highest BCUT2D eigenvalue weighted by Crippen LogP contribution is 2.29. The number of aromatic nitrogens is 1. The Kier molecular flexibility index (Phi) is 4.90. The zero-order valence-corrected chi connectivity index (χ0v) is 14.9. The summed E-state index contributed by atoms with van der Waals surface area (Å²) in [4.78, 5) is 19.0. The van der Waals surface area contributed by atoms with E-state index < -0.39 is 0 Å². The molecule has 1 fully saturated rings. The summed E-state index contributed by atoms with van der Waals surface area (Å²) < 4.78 is 0. The molecule has 0 spiro atoms. The van der Waals surface area contributed by atoms with Crippen molar-refractivity contribution < 1.29 is 4.79 Å². The van der Waals surface area contributed by atoms with E-state index in [1.54, 1.807) is 11.8 Å². The van der Waals surface area contributed by atoms with Gasteiger partial charge in [0.15, 0.2) is 0 Å². The maximum absolute atomic E-state index is 12.2. The van der Waals surface area contributed by atoms with Crippen molar-refractivity contribution in [3.05, 3.63) is 35.4 Å². The molecule has 122 valence electrons. The third-order valence-corrected chi connectivity index (χ3v) is 5.37. The molecule has 0 radical (unpaired) electrons. The normalized spacial score (nSPS) is 14.9. The van der Waals surface area contributed by atoms with E-state index in [0.717, 1.165) is 36.5 Å². The largest absolute Gasteiger partial charge is 0.342 e. The Labute approximate surface area is 142 Å². The summed E-state index contributed by atoms with van der Waals surface area (Å²) in [5.74, 6) is 1.17. The van der Waals surface area contributed by atoms with Crippen LogP contribution in [0.25, 0.3) is 10.9 Å². The van der Waals surface area contributed by atoms with Crippen LogP contribution in [-0.2, 0) is 4.79 Å². The highest BCUT2D eigenvalue weighted by atomic mass is 32.2. The van der Waals surface area contributed by atoms with Gasteiger partial charge >= 0.3 is 0 Å². The lowest BCUT2D eigenvalue weighted by Crippen LogP contribution is -2.29. The predicted octanol–water partition coefficient (Wildman–Crippen LogP) is 4.38. The highest BCUT2D eigenvalue weighted by molar-refractivity contribution is 7.99. The number of likely N-dealkylation sites (tertiary alicyclic amines) is 1. The summed E-state index contributed by atoms with van der Waals surface area (Å²) in [5, 5.41) is 2.17. The smallest absolute Gasteiger partial charge is 0.232 e. The lowest BCUT2D eigenvalue weighted by Gasteiger charge is -2.15. The van der Waals surface area contributed by atoms with E-state index in [1.807, 2.05) is 4.90 Å². The first-order valence-corrected chi connectivity index (χ1v) is 9.35. The lowest BCUT2D eigenvalue weighted by atomic mass is 9.98. The molecular formula is C19H24N2OS. The Morgan fingerprint density at radius 2 is 2.04 bits per heavy atom. The number of para-hydroxylation sites is 1. The average molecular weight is 328 g/mol. The summed E-state index contributed by atoms with van der Waals surface area (Å²) in [5.41, 5.74) is 3.59. The minimum Gasteiger partial charge on any atom is -0.342 e. The van der Waals surface area contributed by atoms with Gasteiger partial charge in [-0.3, -0.25) is 4.79 Å². The van der Waals surface area contributed by atoms with Gasteiger partial charge in [0.05, 0.1) is 16.3 Å². The molecule has 1 saturated heterocycles. The topological polar surface area (TPSA) is 33.2 Å². The van der Waals surface area contributed by atoms with E-state index in [4.69, 9.17) is 4.98 Å². The van der Waals surface area contributed by atoms with Crippen molar-refractivity contribution in [3.63, 3.8) is 0 Å². The average Bonchev–Trinajstić information content (AvgIpc) is 3.06. The number of carbonyl (C=O) groups is 1. The van der Waals surface area contributed by atoms with E-state index >= 15 is 0 Å². The maximum atomic E-state index is 12.2. The van der Waals surface area contributed by atoms with Crippen LogP contribution >= 0.6 is 11.8 Å². The van der Waals surface area contributed by atoms with Crippen molar-refractivity contribution >= 4 is 28.6 Å². The van der Waals surface area contributed by atoms with Crippen LogP contribution in [0.2, 0.25) is 0 Å². The van der Waals surface area contributed by atoms with Crippen LogP contribution in [-0.4, -0.2) is 34.6 Å². The molecule has 0 N–H and O–H groups in total. The van der Waals surface area contributed by atoms with Crippen LogP contribution in [0.15, 0.2) is 29.3 Å². The number of amides is 1. The summed E-state index contributed by atoms with van der Waals surface area (Å²) in [7, 11) is 0. The second-order valence-corrected chi connectivity index (χ2v) is 7.55. The molecule has 0 unspecified atom stereocenters. The molecule has 1 aromatic carbocycles. The number of aryl methyl sites for hydroxylation is 1. The summed E-state index contributed by atoms with van der Waals surface area (Å²) in [6, 6.07) is 8.50. The Balaban J connectivity index is 1.83. The number of fused-ring (bicyclic) bond motifs is 1. The molecule has 2 heterocycles. The Bertz CT molecular complexity index is 721. The van der Waals surface area contributed by atoms with Gasteiger partial charge in [-0.25, -0.2) is 4.98 Å². The van der Waals surface area contributed by atoms with E-state index in [2.05, 4.69) is 45.0 Å². The number of hydrogen-bond acceptors (Lipinski definition) is 3. The van der Waals surface area contributed by atoms with Gasteiger partial charge in [0.2, 0.25) is 5.91 Å². The molecule has 1 aliphatic rings. The van der Waals surface area contributed by atoms with Crippen LogP contribution in [0.1, 0.15) is 43.7 Å². The first kappa shape index (κ1) is 16.3. The van der Waals surface area contributed by atoms with Gasteiger partial charge in [0.1, 0.15) is 0 Å². The zero-order valence-electron chi connectivity index (χ0n) is 14.1. The zero-order chi connectivity index (χ0) is 16.4. The summed E-state index contributed by atoms with van der Waals surface area (Å²) >= 11 is 1.56. The molecule has 2 aromatic rings. The standard InChI is InChI=1S/C19H24N2OS/c1-13(2)15-7-6-8-16-14(3)11-17(20-19(15)16)23-12-18(22)21-9-4-5-10-21/h6-8,11,13H,4-5,9-10,12H2,1-3H3. The fourth-order valence-electron chi connectivity index (χ4n) is 3.14. The molecule has 0 atom stereocenters. The fourth-order valence-corrected chi connectivity index (χ4v) is 4.01. The molecule has 1 aliphatic heterocycles. The molecule has 23 heavy (non-hydrogen) atoms. The molecule has 0 saturated carbocycles. The number of carbonyl (C=O) groups excluding carboxylic acids is 1. The Morgan fingerprint density at radius 3 is 2.74 bits per heavy atom. The van der Waals surface area contributed by atoms with Gasteiger partial charge < -0.3 is 4.90 Å². The van der Waals surface area contributed by atoms with E-state index in [0.29, 0.717) is 11.7 Å². The molecule has 3 rings (SSSR count). The van der Waals surface area contributed by atoms with Gasteiger partial charge in [0, 0.05) is 18.5 Å². The summed E-state index contributed by atoms with van der Waals surface area (Å²) in [6.07, 6.45) is 2.28. The first-order chi connectivity index (χ1) is 11.1. The minimum absolute atomic E-state index is 0.240. The van der Waals surface area contributed by atoms with Crippen LogP contribution < -0.4 is 0 Å². The molecule has 1 amide bonds. The fraction of sp³-hybridized carbons (Fsp3) is 0.474. The molecule has 3 nitrogen and oxygen atoms in total. The summed E-state index contributed by atoms with van der Waals surface area (Å²) in [6.45, 7) is 8.35. The Hall–Kier alpha value is -1.55. The molecule has 0 bridgehead atoms. The SMILES string of the molecule is Cc1cc(SCC(=O)N2CCCC2)nc2c(C(C)C)cccc12. The first-order valence-electron chi connectivity index (χ1n) is 8.37. The highest BCUT2D eigenvalue weighted by Gasteiger charge is 2.18. The molecular weight excluding hydrogens is 304 g/mol. The molecule has 0 aliphatic carbocycles. The van der Waals surface area contributed by atoms with Crippen molar-refractivity contribution in [2.75, 3.05) is 18.8 Å². The van der Waals surface area contributed by atoms with E-state index in [1.165, 1.54) is 16.5 Å². The van der Waals surface area contributed by atoms with Crippen molar-refractivity contribution in [2.45, 2.75) is 44.6 Å². The van der Waals surface area contributed by atoms with Gasteiger partial charge in [-0.05, 0) is 42.9 Å². The van der Waals surface area contributed by atoms with Crippen LogP contribution in [0.5, 0.6) is 0 Å². The van der Waals surface area contributed by atoms with Crippen molar-refractivity contribution in [3.8, 4) is 0 Å². The van der Waals surface area contributed by atoms with Gasteiger partial charge in [-0.2, -0.15) is 0 Å². The maximum Gasteiger partial charge on any atom is 0.232 e. The van der Waals surface area contributed by atoms with Crippen LogP contribution in [0, 0.1) is 6.92 Å². The number of thioether (sulfide) groups is 1. The van der Waals surface area contributed by atoms with E-state index in [-0.39, 0.29) is 5.91 Å². The van der Waals surface area contributed by atoms with Crippen molar-refractivity contribution in [1.29, 1.82) is 0 Å². The van der Waals surface area contributed by atoms with Crippen molar-refractivity contribution in [1.82, 2.24) is 9.88 Å². The second kappa shape index (κ2) is 6.91. The quantitative estimate of drug-likeness (QED) is 0.781. The number of pyridine rings is 1.